The quantitative estimate of drug-likeness (QED) is 0.483. The Morgan fingerprint density at radius 2 is 1.68 bits per heavy atom. The lowest BCUT2D eigenvalue weighted by atomic mass is 10.2. The molecule has 0 unspecified atom stereocenters. The van der Waals surface area contributed by atoms with Crippen molar-refractivity contribution in [3.05, 3.63) is 29.8 Å². The molecule has 1 rings (SSSR count). The lowest BCUT2D eigenvalue weighted by Crippen LogP contribution is -2.41. The molecule has 0 bridgehead atoms. The molecule has 0 atom stereocenters. The minimum atomic E-state index is -0.731. The molecule has 154 valence electrons. The molecule has 0 aliphatic rings. The molecule has 0 spiro atoms. The average Bonchev–Trinajstić information content (AvgIpc) is 2.59. The van der Waals surface area contributed by atoms with Crippen LogP contribution in [0.2, 0.25) is 0 Å². The smallest absolute Gasteiger partial charge is 0.412 e. The predicted molar refractivity (Wildman–Crippen MR) is 103 cm³/mol. The van der Waals surface area contributed by atoms with Gasteiger partial charge in [-0.15, -0.1) is 0 Å². The number of anilines is 1. The van der Waals surface area contributed by atoms with Gasteiger partial charge in [-0.1, -0.05) is 13.3 Å². The van der Waals surface area contributed by atoms with Crippen molar-refractivity contribution in [2.24, 2.45) is 0 Å². The highest BCUT2D eigenvalue weighted by molar-refractivity contribution is 5.97. The first-order valence-corrected chi connectivity index (χ1v) is 8.95. The Bertz CT molecular complexity index is 695. The van der Waals surface area contributed by atoms with E-state index in [-0.39, 0.29) is 5.56 Å². The Balaban J connectivity index is 2.43. The number of imide groups is 1. The lowest BCUT2D eigenvalue weighted by molar-refractivity contribution is -0.123. The van der Waals surface area contributed by atoms with Gasteiger partial charge in [0, 0.05) is 12.2 Å². The summed E-state index contributed by atoms with van der Waals surface area (Å²) in [5, 5.41) is 7.12. The highest BCUT2D eigenvalue weighted by atomic mass is 16.6. The Morgan fingerprint density at radius 1 is 1.04 bits per heavy atom. The number of carbonyl (C=O) groups excluding carboxylic acids is 4. The summed E-state index contributed by atoms with van der Waals surface area (Å²) in [4.78, 5) is 46.7. The number of urea groups is 1. The van der Waals surface area contributed by atoms with Crippen molar-refractivity contribution >= 4 is 29.7 Å². The van der Waals surface area contributed by atoms with Gasteiger partial charge in [-0.05, 0) is 51.5 Å². The van der Waals surface area contributed by atoms with Crippen LogP contribution in [0.1, 0.15) is 50.9 Å². The van der Waals surface area contributed by atoms with E-state index in [0.717, 1.165) is 12.8 Å². The third kappa shape index (κ3) is 9.56. The van der Waals surface area contributed by atoms with Gasteiger partial charge < -0.3 is 14.8 Å². The number of nitrogens with one attached hydrogen (secondary N) is 3. The molecule has 3 N–H and O–H groups in total. The zero-order valence-electron chi connectivity index (χ0n) is 16.6. The molecular formula is C19H27N3O6. The Labute approximate surface area is 164 Å². The van der Waals surface area contributed by atoms with Crippen LogP contribution in [0.25, 0.3) is 0 Å². The average molecular weight is 393 g/mol. The molecule has 1 aromatic rings. The fraction of sp³-hybridized carbons (Fsp3) is 0.474. The maximum absolute atomic E-state index is 12.0. The van der Waals surface area contributed by atoms with Crippen LogP contribution < -0.4 is 16.0 Å². The van der Waals surface area contributed by atoms with Gasteiger partial charge in [0.25, 0.3) is 5.91 Å². The maximum atomic E-state index is 12.0. The Hall–Kier alpha value is -3.10. The molecule has 9 nitrogen and oxygen atoms in total. The minimum Gasteiger partial charge on any atom is -0.452 e. The second-order valence-corrected chi connectivity index (χ2v) is 6.94. The van der Waals surface area contributed by atoms with Crippen molar-refractivity contribution in [2.45, 2.75) is 46.1 Å². The zero-order valence-corrected chi connectivity index (χ0v) is 16.6. The number of hydrogen-bond acceptors (Lipinski definition) is 6. The van der Waals surface area contributed by atoms with Crippen LogP contribution in [-0.2, 0) is 14.3 Å². The van der Waals surface area contributed by atoms with Gasteiger partial charge >= 0.3 is 18.1 Å². The highest BCUT2D eigenvalue weighted by Gasteiger charge is 2.17. The summed E-state index contributed by atoms with van der Waals surface area (Å²) in [5.41, 5.74) is 0.00336. The van der Waals surface area contributed by atoms with E-state index in [0.29, 0.717) is 12.2 Å². The van der Waals surface area contributed by atoms with Gasteiger partial charge in [0.15, 0.2) is 6.61 Å². The summed E-state index contributed by atoms with van der Waals surface area (Å²) in [6.45, 7) is 7.09. The molecule has 0 saturated carbocycles. The van der Waals surface area contributed by atoms with Crippen LogP contribution in [0, 0.1) is 0 Å². The van der Waals surface area contributed by atoms with Crippen LogP contribution in [0.3, 0.4) is 0 Å². The number of esters is 1. The summed E-state index contributed by atoms with van der Waals surface area (Å²) in [5.74, 6) is -1.46. The molecule has 0 fully saturated rings. The Kier molecular flexibility index (Phi) is 8.94. The van der Waals surface area contributed by atoms with Crippen LogP contribution in [0.15, 0.2) is 24.3 Å². The summed E-state index contributed by atoms with van der Waals surface area (Å²) < 4.78 is 9.99. The van der Waals surface area contributed by atoms with E-state index < -0.39 is 36.2 Å². The standard InChI is InChI=1S/C19H27N3O6/c1-5-6-11-20-17(25)22-15(23)12-27-16(24)13-7-9-14(10-8-13)21-18(26)28-19(2,3)4/h7-10H,5-6,11-12H2,1-4H3,(H,21,26)(H2,20,22,23,25). The van der Waals surface area contributed by atoms with Crippen LogP contribution in [0.4, 0.5) is 15.3 Å². The summed E-state index contributed by atoms with van der Waals surface area (Å²) >= 11 is 0. The fourth-order valence-electron chi connectivity index (χ4n) is 1.91. The van der Waals surface area contributed by atoms with E-state index in [9.17, 15) is 19.2 Å². The second kappa shape index (κ2) is 10.9. The third-order valence-electron chi connectivity index (χ3n) is 3.17. The van der Waals surface area contributed by atoms with Crippen molar-refractivity contribution < 1.29 is 28.7 Å². The van der Waals surface area contributed by atoms with Gasteiger partial charge in [0.05, 0.1) is 5.56 Å². The molecule has 0 aliphatic carbocycles. The number of amides is 4. The molecule has 0 heterocycles. The number of benzene rings is 1. The topological polar surface area (TPSA) is 123 Å². The van der Waals surface area contributed by atoms with Crippen molar-refractivity contribution in [1.82, 2.24) is 10.6 Å². The van der Waals surface area contributed by atoms with E-state index in [1.54, 1.807) is 20.8 Å². The van der Waals surface area contributed by atoms with E-state index >= 15 is 0 Å². The fourth-order valence-corrected chi connectivity index (χ4v) is 1.91. The molecule has 0 radical (unpaired) electrons. The van der Waals surface area contributed by atoms with Crippen LogP contribution in [-0.4, -0.2) is 42.8 Å². The molecule has 28 heavy (non-hydrogen) atoms. The number of rotatable bonds is 7. The van der Waals surface area contributed by atoms with E-state index in [2.05, 4.69) is 16.0 Å². The minimum absolute atomic E-state index is 0.190. The molecular weight excluding hydrogens is 366 g/mol. The van der Waals surface area contributed by atoms with E-state index in [1.807, 2.05) is 6.92 Å². The first-order chi connectivity index (χ1) is 13.1. The zero-order chi connectivity index (χ0) is 21.2. The van der Waals surface area contributed by atoms with Gasteiger partial charge in [-0.3, -0.25) is 15.4 Å². The largest absolute Gasteiger partial charge is 0.452 e. The van der Waals surface area contributed by atoms with E-state index in [4.69, 9.17) is 9.47 Å². The monoisotopic (exact) mass is 393 g/mol. The first-order valence-electron chi connectivity index (χ1n) is 8.95. The van der Waals surface area contributed by atoms with Gasteiger partial charge in [0.1, 0.15) is 5.60 Å². The lowest BCUT2D eigenvalue weighted by Gasteiger charge is -2.19. The third-order valence-corrected chi connectivity index (χ3v) is 3.17. The SMILES string of the molecule is CCCCNC(=O)NC(=O)COC(=O)c1ccc(NC(=O)OC(C)(C)C)cc1. The molecule has 4 amide bonds. The maximum Gasteiger partial charge on any atom is 0.412 e. The van der Waals surface area contributed by atoms with Crippen molar-refractivity contribution in [3.8, 4) is 0 Å². The van der Waals surface area contributed by atoms with Crippen molar-refractivity contribution in [3.63, 3.8) is 0 Å². The first kappa shape index (κ1) is 22.9. The van der Waals surface area contributed by atoms with Crippen molar-refractivity contribution in [2.75, 3.05) is 18.5 Å². The van der Waals surface area contributed by atoms with Crippen molar-refractivity contribution in [1.29, 1.82) is 0 Å². The summed E-state index contributed by atoms with van der Waals surface area (Å²) in [6.07, 6.45) is 1.10. The number of carbonyl (C=O) groups is 4. The summed E-state index contributed by atoms with van der Waals surface area (Å²) in [6, 6.07) is 5.24. The number of unbranched alkanes of at least 4 members (excludes halogenated alkanes) is 1. The number of ether oxygens (including phenoxy) is 2. The highest BCUT2D eigenvalue weighted by Crippen LogP contribution is 2.13. The van der Waals surface area contributed by atoms with Crippen LogP contribution >= 0.6 is 0 Å². The molecule has 0 aliphatic heterocycles. The van der Waals surface area contributed by atoms with Gasteiger partial charge in [0.2, 0.25) is 0 Å². The number of hydrogen-bond donors (Lipinski definition) is 3. The van der Waals surface area contributed by atoms with Gasteiger partial charge in [-0.25, -0.2) is 14.4 Å². The van der Waals surface area contributed by atoms with E-state index in [1.165, 1.54) is 24.3 Å². The Morgan fingerprint density at radius 3 is 2.25 bits per heavy atom. The molecule has 9 heteroatoms. The molecule has 1 aromatic carbocycles. The second-order valence-electron chi connectivity index (χ2n) is 6.94. The van der Waals surface area contributed by atoms with Crippen LogP contribution in [0.5, 0.6) is 0 Å². The van der Waals surface area contributed by atoms with Gasteiger partial charge in [-0.2, -0.15) is 0 Å². The normalized spacial score (nSPS) is 10.6. The summed E-state index contributed by atoms with van der Waals surface area (Å²) in [7, 11) is 0. The predicted octanol–water partition coefficient (Wildman–Crippen LogP) is 2.82. The molecule has 0 saturated heterocycles. The molecule has 0 aromatic heterocycles.